The van der Waals surface area contributed by atoms with Crippen LogP contribution in [0.1, 0.15) is 62.4 Å². The molecule has 0 amide bonds. The van der Waals surface area contributed by atoms with Gasteiger partial charge in [0.15, 0.2) is 0 Å². The van der Waals surface area contributed by atoms with Gasteiger partial charge >= 0.3 is 5.97 Å². The molecule has 25 heavy (non-hydrogen) atoms. The van der Waals surface area contributed by atoms with E-state index >= 15 is 0 Å². The summed E-state index contributed by atoms with van der Waals surface area (Å²) in [5.74, 6) is 1.44. The fourth-order valence-corrected chi connectivity index (χ4v) is 3.43. The van der Waals surface area contributed by atoms with Crippen LogP contribution in [-0.4, -0.2) is 19.2 Å². The van der Waals surface area contributed by atoms with E-state index in [1.165, 1.54) is 20.0 Å². The SMILES string of the molecule is CC.COC(=O)c1cccc2c(C)c(OC3CCC(C)CC3)ccc12. The normalized spacial score (nSPS) is 19.7. The minimum absolute atomic E-state index is 0.301. The summed E-state index contributed by atoms with van der Waals surface area (Å²) in [5, 5.41) is 1.97. The molecule has 0 radical (unpaired) electrons. The number of methoxy groups -OCH3 is 1. The number of fused-ring (bicyclic) bond motifs is 1. The number of esters is 1. The third kappa shape index (κ3) is 4.33. The third-order valence-corrected chi connectivity index (χ3v) is 4.94. The van der Waals surface area contributed by atoms with Crippen molar-refractivity contribution in [3.8, 4) is 5.75 Å². The minimum atomic E-state index is -0.301. The molecule has 1 fully saturated rings. The van der Waals surface area contributed by atoms with Crippen LogP contribution >= 0.6 is 0 Å². The second-order valence-corrected chi connectivity index (χ2v) is 6.58. The number of carbonyl (C=O) groups is 1. The fourth-order valence-electron chi connectivity index (χ4n) is 3.43. The van der Waals surface area contributed by atoms with Crippen LogP contribution in [0.5, 0.6) is 5.75 Å². The number of benzene rings is 2. The van der Waals surface area contributed by atoms with E-state index in [9.17, 15) is 4.79 Å². The maximum absolute atomic E-state index is 11.9. The first-order valence-corrected chi connectivity index (χ1v) is 9.37. The number of hydrogen-bond acceptors (Lipinski definition) is 3. The van der Waals surface area contributed by atoms with Gasteiger partial charge in [-0.3, -0.25) is 0 Å². The highest BCUT2D eigenvalue weighted by molar-refractivity contribution is 6.05. The molecule has 0 heterocycles. The third-order valence-electron chi connectivity index (χ3n) is 4.94. The number of aryl methyl sites for hydroxylation is 1. The van der Waals surface area contributed by atoms with Gasteiger partial charge in [-0.05, 0) is 73.1 Å². The highest BCUT2D eigenvalue weighted by Crippen LogP contribution is 2.33. The summed E-state index contributed by atoms with van der Waals surface area (Å²) in [6, 6.07) is 9.69. The molecule has 0 atom stereocenters. The predicted molar refractivity (Wildman–Crippen MR) is 103 cm³/mol. The van der Waals surface area contributed by atoms with E-state index in [0.717, 1.165) is 40.8 Å². The Labute approximate surface area is 151 Å². The Bertz CT molecular complexity index is 713. The van der Waals surface area contributed by atoms with Crippen LogP contribution in [0, 0.1) is 12.8 Å². The topological polar surface area (TPSA) is 35.5 Å². The second-order valence-electron chi connectivity index (χ2n) is 6.58. The van der Waals surface area contributed by atoms with Gasteiger partial charge in [0.1, 0.15) is 5.75 Å². The molecule has 0 bridgehead atoms. The summed E-state index contributed by atoms with van der Waals surface area (Å²) >= 11 is 0. The van der Waals surface area contributed by atoms with Gasteiger partial charge in [-0.15, -0.1) is 0 Å². The van der Waals surface area contributed by atoms with Crippen molar-refractivity contribution in [1.82, 2.24) is 0 Å². The second kappa shape index (κ2) is 8.89. The van der Waals surface area contributed by atoms with Crippen LogP contribution in [-0.2, 0) is 4.74 Å². The van der Waals surface area contributed by atoms with E-state index < -0.39 is 0 Å². The molecule has 3 nitrogen and oxygen atoms in total. The molecule has 2 aromatic carbocycles. The van der Waals surface area contributed by atoms with Crippen molar-refractivity contribution >= 4 is 16.7 Å². The van der Waals surface area contributed by atoms with Crippen LogP contribution in [0.2, 0.25) is 0 Å². The molecular formula is C22H30O3. The van der Waals surface area contributed by atoms with Gasteiger partial charge < -0.3 is 9.47 Å². The summed E-state index contributed by atoms with van der Waals surface area (Å²) in [5.41, 5.74) is 1.69. The molecule has 3 rings (SSSR count). The van der Waals surface area contributed by atoms with Gasteiger partial charge in [0, 0.05) is 0 Å². The zero-order valence-corrected chi connectivity index (χ0v) is 16.1. The molecule has 0 saturated heterocycles. The fraction of sp³-hybridized carbons (Fsp3) is 0.500. The first kappa shape index (κ1) is 19.3. The molecule has 0 N–H and O–H groups in total. The smallest absolute Gasteiger partial charge is 0.338 e. The number of carbonyl (C=O) groups excluding carboxylic acids is 1. The zero-order chi connectivity index (χ0) is 18.4. The minimum Gasteiger partial charge on any atom is -0.490 e. The largest absolute Gasteiger partial charge is 0.490 e. The van der Waals surface area contributed by atoms with Gasteiger partial charge in [0.25, 0.3) is 0 Å². The standard InChI is InChI=1S/C20H24O3.C2H6/c1-13-7-9-15(10-8-13)23-19-12-11-17-16(14(19)2)5-4-6-18(17)20(21)22-3;1-2/h4-6,11-13,15H,7-10H2,1-3H3;1-2H3. The predicted octanol–water partition coefficient (Wildman–Crippen LogP) is 5.92. The Morgan fingerprint density at radius 3 is 2.32 bits per heavy atom. The van der Waals surface area contributed by atoms with Crippen molar-refractivity contribution in [3.05, 3.63) is 41.5 Å². The monoisotopic (exact) mass is 342 g/mol. The first-order valence-electron chi connectivity index (χ1n) is 9.37. The summed E-state index contributed by atoms with van der Waals surface area (Å²) in [4.78, 5) is 11.9. The number of hydrogen-bond donors (Lipinski definition) is 0. The molecule has 0 aliphatic heterocycles. The Kier molecular flexibility index (Phi) is 6.86. The van der Waals surface area contributed by atoms with Gasteiger partial charge in [0.05, 0.1) is 18.8 Å². The lowest BCUT2D eigenvalue weighted by Gasteiger charge is -2.27. The summed E-state index contributed by atoms with van der Waals surface area (Å²) < 4.78 is 11.1. The molecule has 0 aromatic heterocycles. The highest BCUT2D eigenvalue weighted by Gasteiger charge is 2.21. The van der Waals surface area contributed by atoms with Crippen molar-refractivity contribution in [2.45, 2.75) is 59.5 Å². The lowest BCUT2D eigenvalue weighted by Crippen LogP contribution is -2.23. The van der Waals surface area contributed by atoms with Crippen LogP contribution in [0.3, 0.4) is 0 Å². The number of rotatable bonds is 3. The highest BCUT2D eigenvalue weighted by atomic mass is 16.5. The molecular weight excluding hydrogens is 312 g/mol. The van der Waals surface area contributed by atoms with Crippen molar-refractivity contribution in [2.75, 3.05) is 7.11 Å². The summed E-state index contributed by atoms with van der Waals surface area (Å²) in [7, 11) is 1.41. The molecule has 1 saturated carbocycles. The summed E-state index contributed by atoms with van der Waals surface area (Å²) in [6.07, 6.45) is 5.04. The summed E-state index contributed by atoms with van der Waals surface area (Å²) in [6.45, 7) is 8.37. The van der Waals surface area contributed by atoms with Gasteiger partial charge in [-0.1, -0.05) is 32.9 Å². The van der Waals surface area contributed by atoms with E-state index in [0.29, 0.717) is 11.7 Å². The maximum atomic E-state index is 11.9. The lowest BCUT2D eigenvalue weighted by molar-refractivity contribution is 0.0603. The average Bonchev–Trinajstić information content (AvgIpc) is 2.66. The molecule has 0 unspecified atom stereocenters. The van der Waals surface area contributed by atoms with E-state index in [1.54, 1.807) is 6.07 Å². The molecule has 136 valence electrons. The molecule has 2 aromatic rings. The van der Waals surface area contributed by atoms with Gasteiger partial charge in [-0.25, -0.2) is 4.79 Å². The Balaban J connectivity index is 0.00000109. The Hall–Kier alpha value is -2.03. The zero-order valence-electron chi connectivity index (χ0n) is 16.1. The van der Waals surface area contributed by atoms with Gasteiger partial charge in [-0.2, -0.15) is 0 Å². The van der Waals surface area contributed by atoms with E-state index in [4.69, 9.17) is 9.47 Å². The van der Waals surface area contributed by atoms with Crippen LogP contribution in [0.4, 0.5) is 0 Å². The van der Waals surface area contributed by atoms with Crippen LogP contribution < -0.4 is 4.74 Å². The molecule has 3 heteroatoms. The maximum Gasteiger partial charge on any atom is 0.338 e. The van der Waals surface area contributed by atoms with E-state index in [-0.39, 0.29) is 5.97 Å². The molecule has 0 spiro atoms. The van der Waals surface area contributed by atoms with Crippen LogP contribution in [0.15, 0.2) is 30.3 Å². The van der Waals surface area contributed by atoms with E-state index in [2.05, 4.69) is 13.8 Å². The number of ether oxygens (including phenoxy) is 2. The average molecular weight is 342 g/mol. The van der Waals surface area contributed by atoms with Crippen LogP contribution in [0.25, 0.3) is 10.8 Å². The lowest BCUT2D eigenvalue weighted by atomic mass is 9.89. The van der Waals surface area contributed by atoms with Crippen molar-refractivity contribution in [1.29, 1.82) is 0 Å². The Morgan fingerprint density at radius 2 is 1.68 bits per heavy atom. The Morgan fingerprint density at radius 1 is 1.00 bits per heavy atom. The van der Waals surface area contributed by atoms with Gasteiger partial charge in [0.2, 0.25) is 0 Å². The first-order chi connectivity index (χ1) is 12.1. The molecule has 1 aliphatic carbocycles. The van der Waals surface area contributed by atoms with E-state index in [1.807, 2.05) is 38.1 Å². The van der Waals surface area contributed by atoms with Crippen molar-refractivity contribution in [2.24, 2.45) is 5.92 Å². The quantitative estimate of drug-likeness (QED) is 0.650. The van der Waals surface area contributed by atoms with Crippen molar-refractivity contribution < 1.29 is 14.3 Å². The van der Waals surface area contributed by atoms with Crippen molar-refractivity contribution in [3.63, 3.8) is 0 Å². The molecule has 1 aliphatic rings.